The molecule has 3 rings (SSSR count). The average Bonchev–Trinajstić information content (AvgIpc) is 2.51. The van der Waals surface area contributed by atoms with Gasteiger partial charge in [-0.1, -0.05) is 13.0 Å². The van der Waals surface area contributed by atoms with Crippen LogP contribution in [0.15, 0.2) is 18.2 Å². The average molecular weight is 289 g/mol. The van der Waals surface area contributed by atoms with E-state index in [0.717, 1.165) is 50.3 Å². The lowest BCUT2D eigenvalue weighted by Crippen LogP contribution is -2.50. The Morgan fingerprint density at radius 2 is 2.24 bits per heavy atom. The molecule has 0 radical (unpaired) electrons. The summed E-state index contributed by atoms with van der Waals surface area (Å²) in [5, 5.41) is 0. The second-order valence-electron chi connectivity index (χ2n) is 5.80. The topological polar surface area (TPSA) is 58.8 Å². The third-order valence-corrected chi connectivity index (χ3v) is 4.40. The molecule has 1 aromatic rings. The number of likely N-dealkylation sites (N-methyl/N-ethyl adjacent to an activating group) is 1. The van der Waals surface area contributed by atoms with E-state index in [4.69, 9.17) is 10.5 Å². The van der Waals surface area contributed by atoms with Gasteiger partial charge >= 0.3 is 0 Å². The molecule has 0 aliphatic carbocycles. The summed E-state index contributed by atoms with van der Waals surface area (Å²) in [6, 6.07) is 5.63. The molecule has 1 unspecified atom stereocenters. The molecule has 2 N–H and O–H groups in total. The van der Waals surface area contributed by atoms with Gasteiger partial charge in [-0.25, -0.2) is 0 Å². The number of hydrogen-bond acceptors (Lipinski definition) is 4. The molecule has 1 fully saturated rings. The number of rotatable bonds is 3. The summed E-state index contributed by atoms with van der Waals surface area (Å²) in [7, 11) is 0. The van der Waals surface area contributed by atoms with Crippen LogP contribution in [0.1, 0.15) is 22.8 Å². The highest BCUT2D eigenvalue weighted by Crippen LogP contribution is 2.22. The Hall–Kier alpha value is -1.59. The number of anilines is 1. The molecule has 2 heterocycles. The molecular formula is C16H23N3O2. The first-order valence-electron chi connectivity index (χ1n) is 7.69. The number of carbonyl (C=O) groups excluding carboxylic acids is 1. The fourth-order valence-electron chi connectivity index (χ4n) is 3.14. The lowest BCUT2D eigenvalue weighted by molar-refractivity contribution is -0.0391. The second kappa shape index (κ2) is 6.03. The van der Waals surface area contributed by atoms with Crippen molar-refractivity contribution in [2.45, 2.75) is 19.4 Å². The Bertz CT molecular complexity index is 532. The lowest BCUT2D eigenvalue weighted by atomic mass is 9.98. The van der Waals surface area contributed by atoms with Gasteiger partial charge in [-0.05, 0) is 30.7 Å². The van der Waals surface area contributed by atoms with Gasteiger partial charge in [0.1, 0.15) is 0 Å². The predicted octanol–water partition coefficient (Wildman–Crippen LogP) is 0.988. The zero-order chi connectivity index (χ0) is 14.8. The first kappa shape index (κ1) is 14.4. The van der Waals surface area contributed by atoms with Gasteiger partial charge in [0.15, 0.2) is 0 Å². The van der Waals surface area contributed by atoms with Crippen molar-refractivity contribution < 1.29 is 9.53 Å². The van der Waals surface area contributed by atoms with Crippen LogP contribution in [0.4, 0.5) is 5.69 Å². The van der Waals surface area contributed by atoms with E-state index in [-0.39, 0.29) is 12.0 Å². The standard InChI is InChI=1S/C16H23N3O2/c1-2-18-7-8-21-14(10-18)11-19-6-5-12-3-4-13(17)9-15(12)16(19)20/h3-4,9,14H,2,5-8,10-11,17H2,1H3. The van der Waals surface area contributed by atoms with Crippen LogP contribution in [-0.4, -0.2) is 61.1 Å². The Labute approximate surface area is 125 Å². The van der Waals surface area contributed by atoms with Crippen molar-refractivity contribution in [2.24, 2.45) is 0 Å². The van der Waals surface area contributed by atoms with Gasteiger partial charge in [0.2, 0.25) is 0 Å². The van der Waals surface area contributed by atoms with Gasteiger partial charge in [-0.15, -0.1) is 0 Å². The fraction of sp³-hybridized carbons (Fsp3) is 0.562. The molecule has 0 spiro atoms. The number of nitrogens with zero attached hydrogens (tertiary/aromatic N) is 2. The van der Waals surface area contributed by atoms with Crippen molar-refractivity contribution in [2.75, 3.05) is 45.1 Å². The molecule has 5 nitrogen and oxygen atoms in total. The summed E-state index contributed by atoms with van der Waals surface area (Å²) in [5.74, 6) is 0.0840. The third kappa shape index (κ3) is 3.04. The molecule has 2 aliphatic heterocycles. The van der Waals surface area contributed by atoms with Crippen LogP contribution in [0.25, 0.3) is 0 Å². The number of ether oxygens (including phenoxy) is 1. The van der Waals surface area contributed by atoms with Crippen molar-refractivity contribution in [3.05, 3.63) is 29.3 Å². The zero-order valence-electron chi connectivity index (χ0n) is 12.5. The number of fused-ring (bicyclic) bond motifs is 1. The predicted molar refractivity (Wildman–Crippen MR) is 82.3 cm³/mol. The van der Waals surface area contributed by atoms with Gasteiger partial charge in [0.25, 0.3) is 5.91 Å². The summed E-state index contributed by atoms with van der Waals surface area (Å²) in [6.45, 7) is 7.28. The van der Waals surface area contributed by atoms with E-state index < -0.39 is 0 Å². The van der Waals surface area contributed by atoms with Crippen molar-refractivity contribution in [3.8, 4) is 0 Å². The first-order valence-corrected chi connectivity index (χ1v) is 7.69. The summed E-state index contributed by atoms with van der Waals surface area (Å²) in [6.07, 6.45) is 1.01. The molecule has 0 aromatic heterocycles. The fourth-order valence-corrected chi connectivity index (χ4v) is 3.14. The highest BCUT2D eigenvalue weighted by atomic mass is 16.5. The number of nitrogen functional groups attached to an aromatic ring is 1. The number of benzene rings is 1. The van der Waals surface area contributed by atoms with E-state index in [1.807, 2.05) is 17.0 Å². The molecule has 1 atom stereocenters. The summed E-state index contributed by atoms with van der Waals surface area (Å²) >= 11 is 0. The largest absolute Gasteiger partial charge is 0.399 e. The van der Waals surface area contributed by atoms with Gasteiger partial charge in [0, 0.05) is 37.4 Å². The molecule has 1 aromatic carbocycles. The van der Waals surface area contributed by atoms with Crippen molar-refractivity contribution >= 4 is 11.6 Å². The van der Waals surface area contributed by atoms with Crippen LogP contribution in [0.5, 0.6) is 0 Å². The molecule has 1 saturated heterocycles. The Morgan fingerprint density at radius 1 is 1.38 bits per heavy atom. The summed E-state index contributed by atoms with van der Waals surface area (Å²) < 4.78 is 5.81. The van der Waals surface area contributed by atoms with Gasteiger partial charge in [-0.3, -0.25) is 9.69 Å². The quantitative estimate of drug-likeness (QED) is 0.843. The highest BCUT2D eigenvalue weighted by molar-refractivity contribution is 5.97. The Balaban J connectivity index is 1.69. The summed E-state index contributed by atoms with van der Waals surface area (Å²) in [4.78, 5) is 16.9. The Morgan fingerprint density at radius 3 is 3.05 bits per heavy atom. The maximum atomic E-state index is 12.6. The monoisotopic (exact) mass is 289 g/mol. The smallest absolute Gasteiger partial charge is 0.254 e. The second-order valence-corrected chi connectivity index (χ2v) is 5.80. The molecule has 2 aliphatic rings. The number of morpholine rings is 1. The molecule has 114 valence electrons. The minimum Gasteiger partial charge on any atom is -0.399 e. The molecule has 0 saturated carbocycles. The van der Waals surface area contributed by atoms with E-state index in [1.165, 1.54) is 0 Å². The molecule has 5 heteroatoms. The highest BCUT2D eigenvalue weighted by Gasteiger charge is 2.28. The van der Waals surface area contributed by atoms with Gasteiger partial charge < -0.3 is 15.4 Å². The molecule has 21 heavy (non-hydrogen) atoms. The van der Waals surface area contributed by atoms with Crippen LogP contribution >= 0.6 is 0 Å². The van der Waals surface area contributed by atoms with Crippen LogP contribution in [0.2, 0.25) is 0 Å². The van der Waals surface area contributed by atoms with Crippen LogP contribution in [-0.2, 0) is 11.2 Å². The van der Waals surface area contributed by atoms with E-state index in [1.54, 1.807) is 6.07 Å². The molecule has 0 bridgehead atoms. The van der Waals surface area contributed by atoms with Crippen molar-refractivity contribution in [1.29, 1.82) is 0 Å². The SMILES string of the molecule is CCN1CCOC(CN2CCc3ccc(N)cc3C2=O)C1. The minimum absolute atomic E-state index is 0.0840. The van der Waals surface area contributed by atoms with E-state index >= 15 is 0 Å². The summed E-state index contributed by atoms with van der Waals surface area (Å²) in [5.41, 5.74) is 8.31. The number of amides is 1. The maximum absolute atomic E-state index is 12.6. The molecular weight excluding hydrogens is 266 g/mol. The van der Waals surface area contributed by atoms with Crippen LogP contribution in [0.3, 0.4) is 0 Å². The van der Waals surface area contributed by atoms with Gasteiger partial charge in [-0.2, -0.15) is 0 Å². The van der Waals surface area contributed by atoms with E-state index in [9.17, 15) is 4.79 Å². The van der Waals surface area contributed by atoms with Gasteiger partial charge in [0.05, 0.1) is 12.7 Å². The third-order valence-electron chi connectivity index (χ3n) is 4.40. The Kier molecular flexibility index (Phi) is 4.12. The normalized spacial score (nSPS) is 23.2. The lowest BCUT2D eigenvalue weighted by Gasteiger charge is -2.36. The van der Waals surface area contributed by atoms with E-state index in [2.05, 4.69) is 11.8 Å². The van der Waals surface area contributed by atoms with Crippen LogP contribution in [0, 0.1) is 0 Å². The first-order chi connectivity index (χ1) is 10.2. The number of nitrogens with two attached hydrogens (primary N) is 1. The minimum atomic E-state index is 0.0840. The van der Waals surface area contributed by atoms with E-state index in [0.29, 0.717) is 12.2 Å². The molecule has 1 amide bonds. The maximum Gasteiger partial charge on any atom is 0.254 e. The number of carbonyl (C=O) groups is 1. The van der Waals surface area contributed by atoms with Crippen molar-refractivity contribution in [3.63, 3.8) is 0 Å². The van der Waals surface area contributed by atoms with Crippen LogP contribution < -0.4 is 5.73 Å². The zero-order valence-corrected chi connectivity index (χ0v) is 12.5. The van der Waals surface area contributed by atoms with Crippen molar-refractivity contribution in [1.82, 2.24) is 9.80 Å². The number of hydrogen-bond donors (Lipinski definition) is 1.